The third-order valence-electron chi connectivity index (χ3n) is 1.85. The van der Waals surface area contributed by atoms with Crippen LogP contribution in [0, 0.1) is 0 Å². The Bertz CT molecular complexity index is 274. The van der Waals surface area contributed by atoms with Gasteiger partial charge >= 0.3 is 0 Å². The van der Waals surface area contributed by atoms with Crippen LogP contribution in [0.15, 0.2) is 11.4 Å². The summed E-state index contributed by atoms with van der Waals surface area (Å²) in [6.45, 7) is 0.0449. The molecule has 1 rings (SSSR count). The lowest BCUT2D eigenvalue weighted by Crippen LogP contribution is -2.21. The zero-order chi connectivity index (χ0) is 10.6. The van der Waals surface area contributed by atoms with E-state index in [9.17, 15) is 10.2 Å². The van der Waals surface area contributed by atoms with Gasteiger partial charge in [-0.3, -0.25) is 0 Å². The molecule has 0 aromatic carbocycles. The van der Waals surface area contributed by atoms with Gasteiger partial charge in [-0.25, -0.2) is 0 Å². The van der Waals surface area contributed by atoms with Crippen LogP contribution in [0.3, 0.4) is 0 Å². The first-order valence-corrected chi connectivity index (χ1v) is 5.10. The molecule has 14 heavy (non-hydrogen) atoms. The summed E-state index contributed by atoms with van der Waals surface area (Å²) < 4.78 is 4.92. The normalized spacial score (nSPS) is 15.4. The van der Waals surface area contributed by atoms with Gasteiger partial charge in [0.15, 0.2) is 0 Å². The molecule has 1 heterocycles. The number of methoxy groups -OCH3 is 1. The third kappa shape index (κ3) is 2.76. The standard InChI is InChI=1S/C9H14O4S/c1-13-4-7-2-6(5-14-7)9(12)8(11)3-10/h2,5,8-12H,3-4H2,1H3. The van der Waals surface area contributed by atoms with Gasteiger partial charge in [-0.2, -0.15) is 0 Å². The maximum absolute atomic E-state index is 9.53. The number of hydrogen-bond acceptors (Lipinski definition) is 5. The van der Waals surface area contributed by atoms with Gasteiger partial charge in [-0.1, -0.05) is 0 Å². The summed E-state index contributed by atoms with van der Waals surface area (Å²) in [4.78, 5) is 0.978. The van der Waals surface area contributed by atoms with Gasteiger partial charge in [0.25, 0.3) is 0 Å². The monoisotopic (exact) mass is 218 g/mol. The van der Waals surface area contributed by atoms with E-state index >= 15 is 0 Å². The van der Waals surface area contributed by atoms with E-state index in [0.29, 0.717) is 12.2 Å². The molecule has 0 radical (unpaired) electrons. The molecule has 0 amide bonds. The van der Waals surface area contributed by atoms with Gasteiger partial charge in [0.05, 0.1) is 13.2 Å². The van der Waals surface area contributed by atoms with Gasteiger partial charge in [0, 0.05) is 12.0 Å². The first-order chi connectivity index (χ1) is 6.69. The second-order valence-electron chi connectivity index (χ2n) is 2.97. The van der Waals surface area contributed by atoms with E-state index in [2.05, 4.69) is 0 Å². The molecule has 0 spiro atoms. The van der Waals surface area contributed by atoms with Crippen LogP contribution in [-0.4, -0.2) is 35.1 Å². The molecule has 0 fully saturated rings. The first kappa shape index (κ1) is 11.6. The molecule has 0 aliphatic rings. The first-order valence-electron chi connectivity index (χ1n) is 4.22. The van der Waals surface area contributed by atoms with E-state index in [1.165, 1.54) is 11.3 Å². The summed E-state index contributed by atoms with van der Waals surface area (Å²) in [6.07, 6.45) is -2.15. The highest BCUT2D eigenvalue weighted by Crippen LogP contribution is 2.23. The van der Waals surface area contributed by atoms with Crippen LogP contribution in [0.5, 0.6) is 0 Å². The topological polar surface area (TPSA) is 69.9 Å². The van der Waals surface area contributed by atoms with Gasteiger partial charge in [-0.15, -0.1) is 11.3 Å². The SMILES string of the molecule is COCc1cc(C(O)C(O)CO)cs1. The maximum atomic E-state index is 9.53. The summed E-state index contributed by atoms with van der Waals surface area (Å²) in [5.41, 5.74) is 0.614. The van der Waals surface area contributed by atoms with Crippen LogP contribution >= 0.6 is 11.3 Å². The van der Waals surface area contributed by atoms with Crippen LogP contribution in [0.1, 0.15) is 16.5 Å². The lowest BCUT2D eigenvalue weighted by Gasteiger charge is -2.13. The minimum Gasteiger partial charge on any atom is -0.394 e. The minimum atomic E-state index is -1.13. The Morgan fingerprint density at radius 2 is 2.21 bits per heavy atom. The molecule has 0 saturated carbocycles. The second-order valence-corrected chi connectivity index (χ2v) is 3.97. The predicted octanol–water partition coefficient (Wildman–Crippen LogP) is 0.281. The fraction of sp³-hybridized carbons (Fsp3) is 0.556. The number of rotatable bonds is 5. The molecule has 0 aliphatic carbocycles. The van der Waals surface area contributed by atoms with E-state index in [1.807, 2.05) is 0 Å². The predicted molar refractivity (Wildman–Crippen MR) is 53.1 cm³/mol. The molecular formula is C9H14O4S. The largest absolute Gasteiger partial charge is 0.394 e. The van der Waals surface area contributed by atoms with Crippen molar-refractivity contribution in [2.24, 2.45) is 0 Å². The third-order valence-corrected chi connectivity index (χ3v) is 2.78. The lowest BCUT2D eigenvalue weighted by molar-refractivity contribution is -0.0151. The van der Waals surface area contributed by atoms with Crippen LogP contribution in [0.4, 0.5) is 0 Å². The Balaban J connectivity index is 2.65. The van der Waals surface area contributed by atoms with Crippen molar-refractivity contribution in [2.45, 2.75) is 18.8 Å². The fourth-order valence-electron chi connectivity index (χ4n) is 1.09. The van der Waals surface area contributed by atoms with E-state index in [4.69, 9.17) is 9.84 Å². The van der Waals surface area contributed by atoms with Crippen LogP contribution in [-0.2, 0) is 11.3 Å². The van der Waals surface area contributed by atoms with Crippen molar-refractivity contribution >= 4 is 11.3 Å². The molecule has 0 bridgehead atoms. The second kappa shape index (κ2) is 5.43. The molecule has 5 heteroatoms. The summed E-state index contributed by atoms with van der Waals surface area (Å²) in [5.74, 6) is 0. The van der Waals surface area contributed by atoms with Crippen molar-refractivity contribution < 1.29 is 20.1 Å². The van der Waals surface area contributed by atoms with Crippen molar-refractivity contribution in [3.8, 4) is 0 Å². The Kier molecular flexibility index (Phi) is 4.50. The van der Waals surface area contributed by atoms with E-state index < -0.39 is 18.8 Å². The van der Waals surface area contributed by atoms with Gasteiger partial charge in [-0.05, 0) is 17.0 Å². The summed E-state index contributed by atoms with van der Waals surface area (Å²) in [5, 5.41) is 29.1. The minimum absolute atomic E-state index is 0.448. The Hall–Kier alpha value is -0.460. The zero-order valence-electron chi connectivity index (χ0n) is 7.88. The summed E-state index contributed by atoms with van der Waals surface area (Å²) >= 11 is 1.45. The molecular weight excluding hydrogens is 204 g/mol. The summed E-state index contributed by atoms with van der Waals surface area (Å²) in [6, 6.07) is 1.76. The van der Waals surface area contributed by atoms with Crippen molar-refractivity contribution in [1.82, 2.24) is 0 Å². The molecule has 1 aromatic heterocycles. The Morgan fingerprint density at radius 1 is 1.50 bits per heavy atom. The Labute approximate surface area is 86.4 Å². The van der Waals surface area contributed by atoms with Crippen LogP contribution in [0.2, 0.25) is 0 Å². The molecule has 2 atom stereocenters. The molecule has 0 aliphatic heterocycles. The van der Waals surface area contributed by atoms with E-state index in [-0.39, 0.29) is 0 Å². The smallest absolute Gasteiger partial charge is 0.108 e. The number of ether oxygens (including phenoxy) is 1. The molecule has 3 N–H and O–H groups in total. The molecule has 4 nitrogen and oxygen atoms in total. The highest BCUT2D eigenvalue weighted by atomic mass is 32.1. The Morgan fingerprint density at radius 3 is 2.79 bits per heavy atom. The number of aliphatic hydroxyl groups excluding tert-OH is 3. The summed E-state index contributed by atoms with van der Waals surface area (Å²) in [7, 11) is 1.60. The number of thiophene rings is 1. The average molecular weight is 218 g/mol. The lowest BCUT2D eigenvalue weighted by atomic mass is 10.1. The van der Waals surface area contributed by atoms with E-state index in [0.717, 1.165) is 4.88 Å². The van der Waals surface area contributed by atoms with Gasteiger partial charge in [0.1, 0.15) is 12.2 Å². The van der Waals surface area contributed by atoms with Crippen molar-refractivity contribution in [2.75, 3.05) is 13.7 Å². The van der Waals surface area contributed by atoms with Crippen LogP contribution < -0.4 is 0 Å². The molecule has 0 saturated heterocycles. The molecule has 80 valence electrons. The molecule has 1 aromatic rings. The maximum Gasteiger partial charge on any atom is 0.108 e. The fourth-order valence-corrected chi connectivity index (χ4v) is 1.98. The molecule has 2 unspecified atom stereocenters. The highest BCUT2D eigenvalue weighted by molar-refractivity contribution is 7.10. The zero-order valence-corrected chi connectivity index (χ0v) is 8.70. The average Bonchev–Trinajstić information content (AvgIpc) is 2.64. The van der Waals surface area contributed by atoms with Gasteiger partial charge in [0.2, 0.25) is 0 Å². The van der Waals surface area contributed by atoms with Crippen LogP contribution in [0.25, 0.3) is 0 Å². The number of hydrogen-bond donors (Lipinski definition) is 3. The highest BCUT2D eigenvalue weighted by Gasteiger charge is 2.18. The van der Waals surface area contributed by atoms with Crippen molar-refractivity contribution in [3.05, 3.63) is 21.9 Å². The van der Waals surface area contributed by atoms with E-state index in [1.54, 1.807) is 18.6 Å². The van der Waals surface area contributed by atoms with Crippen molar-refractivity contribution in [3.63, 3.8) is 0 Å². The number of aliphatic hydroxyl groups is 3. The van der Waals surface area contributed by atoms with Crippen molar-refractivity contribution in [1.29, 1.82) is 0 Å². The van der Waals surface area contributed by atoms with Gasteiger partial charge < -0.3 is 20.1 Å². The quantitative estimate of drug-likeness (QED) is 0.664.